The molecular weight excluding hydrogens is 305 g/mol. The molecule has 2 aromatic rings. The van der Waals surface area contributed by atoms with Crippen LogP contribution in [0.25, 0.3) is 0 Å². The van der Waals surface area contributed by atoms with Crippen LogP contribution in [-0.2, 0) is 5.60 Å². The molecule has 4 heteroatoms. The molecule has 1 heterocycles. The summed E-state index contributed by atoms with van der Waals surface area (Å²) in [6.45, 7) is 7.66. The number of hydrogen-bond acceptors (Lipinski definition) is 2. The van der Waals surface area contributed by atoms with Gasteiger partial charge in [0.05, 0.1) is 0 Å². The van der Waals surface area contributed by atoms with E-state index in [2.05, 4.69) is 11.6 Å². The molecule has 110 valence electrons. The molecule has 0 spiro atoms. The molecule has 1 aromatic carbocycles. The third kappa shape index (κ3) is 2.98. The zero-order chi connectivity index (χ0) is 15.6. The molecule has 0 aliphatic carbocycles. The predicted octanol–water partition coefficient (Wildman–Crippen LogP) is 4.96. The summed E-state index contributed by atoms with van der Waals surface area (Å²) in [5.41, 5.74) is 0.895. The highest BCUT2D eigenvalue weighted by Gasteiger charge is 2.38. The van der Waals surface area contributed by atoms with E-state index in [1.807, 2.05) is 19.1 Å². The molecule has 21 heavy (non-hydrogen) atoms. The van der Waals surface area contributed by atoms with E-state index >= 15 is 0 Å². The summed E-state index contributed by atoms with van der Waals surface area (Å²) in [5.74, 6) is -0.288. The van der Waals surface area contributed by atoms with Crippen molar-refractivity contribution in [3.63, 3.8) is 0 Å². The van der Waals surface area contributed by atoms with Crippen LogP contribution < -0.4 is 0 Å². The molecule has 0 aliphatic heterocycles. The maximum atomic E-state index is 11.2. The van der Waals surface area contributed by atoms with Gasteiger partial charge < -0.3 is 5.11 Å². The number of nitrogens with zero attached hydrogens (tertiary/aromatic N) is 1. The van der Waals surface area contributed by atoms with Crippen molar-refractivity contribution in [1.29, 1.82) is 0 Å². The summed E-state index contributed by atoms with van der Waals surface area (Å²) in [4.78, 5) is 4.09. The summed E-state index contributed by atoms with van der Waals surface area (Å²) in [6.07, 6.45) is 3.32. The minimum atomic E-state index is -1.24. The Morgan fingerprint density at radius 3 is 2.57 bits per heavy atom. The van der Waals surface area contributed by atoms with Gasteiger partial charge in [-0.3, -0.25) is 4.98 Å². The van der Waals surface area contributed by atoms with Gasteiger partial charge in [-0.2, -0.15) is 0 Å². The van der Waals surface area contributed by atoms with Crippen molar-refractivity contribution in [3.05, 3.63) is 76.0 Å². The molecule has 2 nitrogen and oxygen atoms in total. The maximum Gasteiger partial charge on any atom is 0.118 e. The van der Waals surface area contributed by atoms with Crippen molar-refractivity contribution in [1.82, 2.24) is 4.98 Å². The zero-order valence-electron chi connectivity index (χ0n) is 12.0. The first-order valence-electron chi connectivity index (χ1n) is 6.61. The third-order valence-corrected chi connectivity index (χ3v) is 4.37. The molecule has 0 aliphatic rings. The molecule has 0 amide bonds. The zero-order valence-corrected chi connectivity index (χ0v) is 13.5. The van der Waals surface area contributed by atoms with Crippen molar-refractivity contribution in [2.75, 3.05) is 0 Å². The Hall–Kier alpha value is -1.35. The first-order chi connectivity index (χ1) is 9.87. The lowest BCUT2D eigenvalue weighted by atomic mass is 9.75. The van der Waals surface area contributed by atoms with Crippen LogP contribution in [0.15, 0.2) is 54.9 Å². The van der Waals surface area contributed by atoms with Gasteiger partial charge in [-0.05, 0) is 36.3 Å². The molecule has 1 N–H and O–H groups in total. The van der Waals surface area contributed by atoms with E-state index < -0.39 is 5.60 Å². The van der Waals surface area contributed by atoms with Gasteiger partial charge in [0.2, 0.25) is 0 Å². The molecule has 1 aromatic heterocycles. The summed E-state index contributed by atoms with van der Waals surface area (Å²) in [5, 5.41) is 12.3. The van der Waals surface area contributed by atoms with Crippen LogP contribution in [0, 0.1) is 0 Å². The van der Waals surface area contributed by atoms with Crippen molar-refractivity contribution < 1.29 is 5.11 Å². The lowest BCUT2D eigenvalue weighted by Gasteiger charge is -2.36. The lowest BCUT2D eigenvalue weighted by Crippen LogP contribution is -2.33. The van der Waals surface area contributed by atoms with Crippen LogP contribution in [-0.4, -0.2) is 10.1 Å². The largest absolute Gasteiger partial charge is 0.380 e. The molecule has 2 rings (SSSR count). The Bertz CT molecular complexity index is 657. The Labute approximate surface area is 135 Å². The van der Waals surface area contributed by atoms with E-state index in [1.54, 1.807) is 37.5 Å². The maximum absolute atomic E-state index is 11.2. The fourth-order valence-corrected chi connectivity index (χ4v) is 3.10. The average molecular weight is 322 g/mol. The SMILES string of the molecule is C=C(C)C(O)(c1cccnc1)C(C)c1ccc(Cl)cc1Cl. The van der Waals surface area contributed by atoms with E-state index in [9.17, 15) is 5.11 Å². The van der Waals surface area contributed by atoms with Crippen molar-refractivity contribution >= 4 is 23.2 Å². The highest BCUT2D eigenvalue weighted by atomic mass is 35.5. The van der Waals surface area contributed by atoms with Crippen LogP contribution in [0.2, 0.25) is 10.0 Å². The molecule has 0 bridgehead atoms. The fourth-order valence-electron chi connectivity index (χ4n) is 2.53. The van der Waals surface area contributed by atoms with Gasteiger partial charge in [0, 0.05) is 33.9 Å². The lowest BCUT2D eigenvalue weighted by molar-refractivity contribution is 0.0512. The van der Waals surface area contributed by atoms with Crippen LogP contribution >= 0.6 is 23.2 Å². The van der Waals surface area contributed by atoms with Crippen LogP contribution in [0.3, 0.4) is 0 Å². The van der Waals surface area contributed by atoms with Crippen LogP contribution in [0.5, 0.6) is 0 Å². The third-order valence-electron chi connectivity index (χ3n) is 3.81. The van der Waals surface area contributed by atoms with E-state index in [1.165, 1.54) is 0 Å². The molecule has 0 fully saturated rings. The molecular formula is C17H17Cl2NO. The van der Waals surface area contributed by atoms with E-state index in [4.69, 9.17) is 23.2 Å². The summed E-state index contributed by atoms with van der Waals surface area (Å²) < 4.78 is 0. The van der Waals surface area contributed by atoms with Crippen molar-refractivity contribution in [2.45, 2.75) is 25.4 Å². The fraction of sp³-hybridized carbons (Fsp3) is 0.235. The normalized spacial score (nSPS) is 15.3. The molecule has 2 unspecified atom stereocenters. The number of hydrogen-bond donors (Lipinski definition) is 1. The topological polar surface area (TPSA) is 33.1 Å². The first kappa shape index (κ1) is 16.0. The number of aromatic nitrogens is 1. The van der Waals surface area contributed by atoms with Gasteiger partial charge >= 0.3 is 0 Å². The second-order valence-corrected chi connectivity index (χ2v) is 6.02. The Morgan fingerprint density at radius 2 is 2.05 bits per heavy atom. The molecule has 0 radical (unpaired) electrons. The quantitative estimate of drug-likeness (QED) is 0.808. The Balaban J connectivity index is 2.55. The van der Waals surface area contributed by atoms with Crippen LogP contribution in [0.4, 0.5) is 0 Å². The van der Waals surface area contributed by atoms with E-state index in [-0.39, 0.29) is 5.92 Å². The highest BCUT2D eigenvalue weighted by Crippen LogP contribution is 2.43. The molecule has 0 saturated carbocycles. The van der Waals surface area contributed by atoms with Crippen LogP contribution in [0.1, 0.15) is 30.9 Å². The average Bonchev–Trinajstić information content (AvgIpc) is 2.46. The molecule has 2 atom stereocenters. The number of aliphatic hydroxyl groups is 1. The Kier molecular flexibility index (Phi) is 4.72. The minimum absolute atomic E-state index is 0.288. The van der Waals surface area contributed by atoms with Gasteiger partial charge in [0.15, 0.2) is 0 Å². The second-order valence-electron chi connectivity index (χ2n) is 5.18. The number of benzene rings is 1. The number of rotatable bonds is 4. The summed E-state index contributed by atoms with van der Waals surface area (Å²) in [6, 6.07) is 8.90. The first-order valence-corrected chi connectivity index (χ1v) is 7.36. The Morgan fingerprint density at radius 1 is 1.33 bits per heavy atom. The minimum Gasteiger partial charge on any atom is -0.380 e. The van der Waals surface area contributed by atoms with Crippen molar-refractivity contribution in [3.8, 4) is 0 Å². The second kappa shape index (κ2) is 6.18. The van der Waals surface area contributed by atoms with E-state index in [0.717, 1.165) is 5.56 Å². The summed E-state index contributed by atoms with van der Waals surface area (Å²) >= 11 is 12.2. The van der Waals surface area contributed by atoms with Gasteiger partial charge in [0.25, 0.3) is 0 Å². The van der Waals surface area contributed by atoms with E-state index in [0.29, 0.717) is 21.2 Å². The highest BCUT2D eigenvalue weighted by molar-refractivity contribution is 6.35. The molecule has 0 saturated heterocycles. The summed E-state index contributed by atoms with van der Waals surface area (Å²) in [7, 11) is 0. The van der Waals surface area contributed by atoms with Gasteiger partial charge in [0.1, 0.15) is 5.60 Å². The van der Waals surface area contributed by atoms with Crippen molar-refractivity contribution in [2.24, 2.45) is 0 Å². The standard InChI is InChI=1S/C17H17Cl2NO/c1-11(2)17(21,13-5-4-8-20-10-13)12(3)15-7-6-14(18)9-16(15)19/h4-10,12,21H,1H2,2-3H3. The number of pyridine rings is 1. The monoisotopic (exact) mass is 321 g/mol. The predicted molar refractivity (Wildman–Crippen MR) is 87.8 cm³/mol. The van der Waals surface area contributed by atoms with Gasteiger partial charge in [-0.15, -0.1) is 0 Å². The van der Waals surface area contributed by atoms with Gasteiger partial charge in [-0.1, -0.05) is 48.8 Å². The number of halogens is 2. The van der Waals surface area contributed by atoms with Gasteiger partial charge in [-0.25, -0.2) is 0 Å². The smallest absolute Gasteiger partial charge is 0.118 e.